The Labute approximate surface area is 126 Å². The van der Waals surface area contributed by atoms with Crippen molar-refractivity contribution >= 4 is 0 Å². The number of aromatic nitrogens is 1. The third-order valence-corrected chi connectivity index (χ3v) is 3.01. The van der Waals surface area contributed by atoms with E-state index >= 15 is 0 Å². The van der Waals surface area contributed by atoms with Crippen LogP contribution in [0.1, 0.15) is 24.6 Å². The Morgan fingerprint density at radius 3 is 2.71 bits per heavy atom. The Morgan fingerprint density at radius 1 is 1.14 bits per heavy atom. The number of aryl methyl sites for hydroxylation is 1. The average molecular weight is 286 g/mol. The molecule has 0 atom stereocenters. The molecule has 0 aliphatic rings. The number of ether oxygens (including phenoxy) is 2. The zero-order chi connectivity index (χ0) is 15.1. The summed E-state index contributed by atoms with van der Waals surface area (Å²) >= 11 is 0. The highest BCUT2D eigenvalue weighted by atomic mass is 16.5. The summed E-state index contributed by atoms with van der Waals surface area (Å²) in [4.78, 5) is 4.42. The molecule has 1 heterocycles. The fourth-order valence-electron chi connectivity index (χ4n) is 2.06. The third kappa shape index (κ3) is 4.76. The van der Waals surface area contributed by atoms with E-state index in [2.05, 4.69) is 23.3 Å². The molecule has 1 aromatic carbocycles. The fraction of sp³-hybridized carbons (Fsp3) is 0.353. The maximum absolute atomic E-state index is 5.83. The van der Waals surface area contributed by atoms with E-state index in [-0.39, 0.29) is 0 Å². The predicted molar refractivity (Wildman–Crippen MR) is 84.0 cm³/mol. The first-order valence-electron chi connectivity index (χ1n) is 7.21. The lowest BCUT2D eigenvalue weighted by molar-refractivity contribution is 0.407. The smallest absolute Gasteiger partial charge is 0.219 e. The molecule has 0 fully saturated rings. The second kappa shape index (κ2) is 7.64. The Bertz CT molecular complexity index is 585. The van der Waals surface area contributed by atoms with Gasteiger partial charge in [0.15, 0.2) is 0 Å². The highest BCUT2D eigenvalue weighted by Crippen LogP contribution is 2.24. The highest BCUT2D eigenvalue weighted by Gasteiger charge is 2.04. The number of rotatable bonds is 7. The molecule has 1 N–H and O–H groups in total. The van der Waals surface area contributed by atoms with Gasteiger partial charge in [0.1, 0.15) is 11.5 Å². The van der Waals surface area contributed by atoms with Crippen molar-refractivity contribution < 1.29 is 9.47 Å². The zero-order valence-electron chi connectivity index (χ0n) is 12.8. The molecular weight excluding hydrogens is 264 g/mol. The summed E-state index contributed by atoms with van der Waals surface area (Å²) in [6.45, 7) is 5.96. The van der Waals surface area contributed by atoms with Gasteiger partial charge in [0.2, 0.25) is 5.88 Å². The van der Waals surface area contributed by atoms with Crippen LogP contribution in [0.5, 0.6) is 17.4 Å². The minimum atomic E-state index is 0.608. The summed E-state index contributed by atoms with van der Waals surface area (Å²) < 4.78 is 11.0. The van der Waals surface area contributed by atoms with Crippen molar-refractivity contribution in [2.75, 3.05) is 13.7 Å². The van der Waals surface area contributed by atoms with E-state index in [0.717, 1.165) is 36.7 Å². The average Bonchev–Trinajstić information content (AvgIpc) is 2.47. The SMILES string of the molecule is CCCNCc1cc(C)nc(Oc2cccc(OC)c2)c1. The summed E-state index contributed by atoms with van der Waals surface area (Å²) in [6.07, 6.45) is 1.12. The molecule has 0 unspecified atom stereocenters. The molecule has 0 aliphatic heterocycles. The van der Waals surface area contributed by atoms with E-state index in [1.165, 1.54) is 5.56 Å². The van der Waals surface area contributed by atoms with Crippen LogP contribution in [0, 0.1) is 6.92 Å². The van der Waals surface area contributed by atoms with Gasteiger partial charge in [0.05, 0.1) is 7.11 Å². The van der Waals surface area contributed by atoms with Gasteiger partial charge in [0.25, 0.3) is 0 Å². The van der Waals surface area contributed by atoms with Gasteiger partial charge in [-0.2, -0.15) is 0 Å². The van der Waals surface area contributed by atoms with E-state index in [4.69, 9.17) is 9.47 Å². The third-order valence-electron chi connectivity index (χ3n) is 3.01. The Morgan fingerprint density at radius 2 is 1.95 bits per heavy atom. The van der Waals surface area contributed by atoms with Crippen LogP contribution in [-0.2, 0) is 6.54 Å². The van der Waals surface area contributed by atoms with Gasteiger partial charge in [-0.15, -0.1) is 0 Å². The Balaban J connectivity index is 2.11. The molecule has 1 aromatic heterocycles. The van der Waals surface area contributed by atoms with Crippen molar-refractivity contribution in [2.45, 2.75) is 26.8 Å². The van der Waals surface area contributed by atoms with Crippen LogP contribution in [0.4, 0.5) is 0 Å². The Hall–Kier alpha value is -2.07. The lowest BCUT2D eigenvalue weighted by atomic mass is 10.2. The van der Waals surface area contributed by atoms with Crippen LogP contribution in [0.15, 0.2) is 36.4 Å². The number of benzene rings is 1. The topological polar surface area (TPSA) is 43.4 Å². The van der Waals surface area contributed by atoms with E-state index in [1.54, 1.807) is 7.11 Å². The molecule has 0 saturated carbocycles. The normalized spacial score (nSPS) is 10.4. The largest absolute Gasteiger partial charge is 0.497 e. The molecule has 0 aliphatic carbocycles. The van der Waals surface area contributed by atoms with Gasteiger partial charge in [-0.1, -0.05) is 13.0 Å². The van der Waals surface area contributed by atoms with E-state index in [9.17, 15) is 0 Å². The molecule has 112 valence electrons. The molecule has 21 heavy (non-hydrogen) atoms. The quantitative estimate of drug-likeness (QED) is 0.788. The van der Waals surface area contributed by atoms with Gasteiger partial charge in [-0.25, -0.2) is 4.98 Å². The highest BCUT2D eigenvalue weighted by molar-refractivity contribution is 5.36. The molecule has 0 spiro atoms. The molecule has 0 bridgehead atoms. The molecule has 4 nitrogen and oxygen atoms in total. The first kappa shape index (κ1) is 15.3. The van der Waals surface area contributed by atoms with E-state index in [0.29, 0.717) is 5.88 Å². The van der Waals surface area contributed by atoms with Crippen LogP contribution < -0.4 is 14.8 Å². The molecule has 0 amide bonds. The van der Waals surface area contributed by atoms with Crippen LogP contribution in [0.25, 0.3) is 0 Å². The van der Waals surface area contributed by atoms with E-state index < -0.39 is 0 Å². The monoisotopic (exact) mass is 286 g/mol. The van der Waals surface area contributed by atoms with Gasteiger partial charge in [0, 0.05) is 24.4 Å². The van der Waals surface area contributed by atoms with E-state index in [1.807, 2.05) is 37.3 Å². The number of nitrogens with zero attached hydrogens (tertiary/aromatic N) is 1. The first-order valence-corrected chi connectivity index (χ1v) is 7.21. The van der Waals surface area contributed by atoms with Gasteiger partial charge >= 0.3 is 0 Å². The molecule has 2 rings (SSSR count). The predicted octanol–water partition coefficient (Wildman–Crippen LogP) is 3.69. The standard InChI is InChI=1S/C17H22N2O2/c1-4-8-18-12-14-9-13(2)19-17(10-14)21-16-7-5-6-15(11-16)20-3/h5-7,9-11,18H,4,8,12H2,1-3H3. The van der Waals surface area contributed by atoms with Gasteiger partial charge in [-0.3, -0.25) is 0 Å². The number of hydrogen-bond donors (Lipinski definition) is 1. The van der Waals surface area contributed by atoms with Crippen molar-refractivity contribution in [3.63, 3.8) is 0 Å². The molecular formula is C17H22N2O2. The van der Waals surface area contributed by atoms with Crippen LogP contribution in [0.3, 0.4) is 0 Å². The van der Waals surface area contributed by atoms with Crippen molar-refractivity contribution in [2.24, 2.45) is 0 Å². The summed E-state index contributed by atoms with van der Waals surface area (Å²) in [5.74, 6) is 2.10. The minimum Gasteiger partial charge on any atom is -0.497 e. The lowest BCUT2D eigenvalue weighted by Crippen LogP contribution is -2.14. The molecule has 0 saturated heterocycles. The summed E-state index contributed by atoms with van der Waals surface area (Å²) in [5, 5.41) is 3.38. The van der Waals surface area contributed by atoms with Crippen LogP contribution >= 0.6 is 0 Å². The summed E-state index contributed by atoms with van der Waals surface area (Å²) in [7, 11) is 1.64. The maximum atomic E-state index is 5.83. The minimum absolute atomic E-state index is 0.608. The maximum Gasteiger partial charge on any atom is 0.219 e. The zero-order valence-corrected chi connectivity index (χ0v) is 12.8. The van der Waals surface area contributed by atoms with Crippen LogP contribution in [0.2, 0.25) is 0 Å². The van der Waals surface area contributed by atoms with Crippen molar-refractivity contribution in [3.05, 3.63) is 47.7 Å². The first-order chi connectivity index (χ1) is 10.2. The van der Waals surface area contributed by atoms with Crippen molar-refractivity contribution in [3.8, 4) is 17.4 Å². The van der Waals surface area contributed by atoms with Gasteiger partial charge in [-0.05, 0) is 43.7 Å². The van der Waals surface area contributed by atoms with Crippen molar-refractivity contribution in [1.82, 2.24) is 10.3 Å². The van der Waals surface area contributed by atoms with Crippen molar-refractivity contribution in [1.29, 1.82) is 0 Å². The molecule has 4 heteroatoms. The number of pyridine rings is 1. The number of nitrogens with one attached hydrogen (secondary N) is 1. The number of methoxy groups -OCH3 is 1. The Kier molecular flexibility index (Phi) is 5.58. The number of hydrogen-bond acceptors (Lipinski definition) is 4. The summed E-state index contributed by atoms with van der Waals surface area (Å²) in [6, 6.07) is 11.6. The second-order valence-corrected chi connectivity index (χ2v) is 4.91. The van der Waals surface area contributed by atoms with Crippen LogP contribution in [-0.4, -0.2) is 18.6 Å². The molecule has 0 radical (unpaired) electrons. The van der Waals surface area contributed by atoms with Gasteiger partial charge < -0.3 is 14.8 Å². The lowest BCUT2D eigenvalue weighted by Gasteiger charge is -2.10. The second-order valence-electron chi connectivity index (χ2n) is 4.91. The molecule has 2 aromatic rings. The fourth-order valence-corrected chi connectivity index (χ4v) is 2.06. The summed E-state index contributed by atoms with van der Waals surface area (Å²) in [5.41, 5.74) is 2.12.